The third kappa shape index (κ3) is 11.8. The molecule has 1 N–H and O–H groups in total. The number of halogens is 17. The standard InChI is InChI=1S/C40H46F17NO7Si/c1-8-62-31(59)25(6)9-18-30(65-32(60)58-27-12-16-28(61-7)17-13-27)26-10-14-29(15-11-26)63-20-21-64-66(23(2)3,24(4)5)22-19-33(41,42)34(43,44)35(45,46)36(47,48)37(49,50)38(51,52)39(53,54)40(55,56)57/h9-17,23-24,30H,8,18-22H2,1-7H3,(H,58,60)/b25-9+/t30-/m0/s1. The summed E-state index contributed by atoms with van der Waals surface area (Å²) in [7, 11) is -2.57. The van der Waals surface area contributed by atoms with Gasteiger partial charge in [-0.3, -0.25) is 5.32 Å². The van der Waals surface area contributed by atoms with Crippen LogP contribution in [0.15, 0.2) is 60.2 Å². The maximum atomic E-state index is 15.0. The largest absolute Gasteiger partial charge is 0.497 e. The Kier molecular flexibility index (Phi) is 18.5. The third-order valence-corrected chi connectivity index (χ3v) is 16.0. The summed E-state index contributed by atoms with van der Waals surface area (Å²) in [6.45, 7) is 7.45. The Labute approximate surface area is 368 Å². The first-order valence-electron chi connectivity index (χ1n) is 19.5. The number of alkyl halides is 17. The van der Waals surface area contributed by atoms with E-state index >= 15 is 0 Å². The molecular weight excluding hydrogens is 957 g/mol. The van der Waals surface area contributed by atoms with Crippen LogP contribution in [0, 0.1) is 0 Å². The normalized spacial score (nSPS) is 14.6. The molecule has 66 heavy (non-hydrogen) atoms. The number of methoxy groups -OCH3 is 1. The highest BCUT2D eigenvalue weighted by molar-refractivity contribution is 6.76. The van der Waals surface area contributed by atoms with E-state index in [0.717, 1.165) is 0 Å². The first-order chi connectivity index (χ1) is 30.0. The van der Waals surface area contributed by atoms with Gasteiger partial charge in [-0.05, 0) is 72.9 Å². The monoisotopic (exact) mass is 1000 g/mol. The molecule has 0 saturated carbocycles. The second-order valence-electron chi connectivity index (χ2n) is 15.3. The highest BCUT2D eigenvalue weighted by Crippen LogP contribution is 2.64. The Balaban J connectivity index is 2.29. The molecule has 0 unspecified atom stereocenters. The van der Waals surface area contributed by atoms with Crippen LogP contribution in [0.4, 0.5) is 85.1 Å². The van der Waals surface area contributed by atoms with Gasteiger partial charge in [0.05, 0.1) is 20.3 Å². The number of carbonyl (C=O) groups excluding carboxylic acids is 2. The smallest absolute Gasteiger partial charge is 0.460 e. The van der Waals surface area contributed by atoms with Gasteiger partial charge >= 0.3 is 59.7 Å². The number of amides is 1. The predicted octanol–water partition coefficient (Wildman–Crippen LogP) is 13.4. The third-order valence-electron chi connectivity index (χ3n) is 10.4. The molecule has 0 saturated heterocycles. The minimum absolute atomic E-state index is 0.0276. The molecule has 1 amide bonds. The lowest BCUT2D eigenvalue weighted by atomic mass is 9.88. The van der Waals surface area contributed by atoms with Gasteiger partial charge in [-0.25, -0.2) is 9.59 Å². The number of ether oxygens (including phenoxy) is 4. The molecular formula is C40H46F17NO7Si. The lowest BCUT2D eigenvalue weighted by molar-refractivity contribution is -0.461. The van der Waals surface area contributed by atoms with E-state index in [1.165, 1.54) is 84.2 Å². The van der Waals surface area contributed by atoms with Crippen molar-refractivity contribution in [3.8, 4) is 11.5 Å². The van der Waals surface area contributed by atoms with Crippen LogP contribution in [0.2, 0.25) is 17.1 Å². The number of carbonyl (C=O) groups is 2. The zero-order valence-electron chi connectivity index (χ0n) is 36.0. The SMILES string of the molecule is CCOC(=O)/C(C)=C/C[C@H](OC(=O)Nc1ccc(OC)cc1)c1ccc(OCCO[Si](CCC(F)(F)C(F)(F)C(F)(F)C(F)(F)C(F)(F)C(F)(F)C(F)(F)C(F)(F)F)(C(C)C)C(C)C)cc1. The van der Waals surface area contributed by atoms with E-state index in [4.69, 9.17) is 23.4 Å². The molecule has 1 atom stereocenters. The maximum Gasteiger partial charge on any atom is 0.460 e. The molecule has 0 bridgehead atoms. The van der Waals surface area contributed by atoms with E-state index in [1.54, 1.807) is 19.1 Å². The summed E-state index contributed by atoms with van der Waals surface area (Å²) in [5.74, 6) is -56.9. The fourth-order valence-electron chi connectivity index (χ4n) is 6.34. The summed E-state index contributed by atoms with van der Waals surface area (Å²) >= 11 is 0. The quantitative estimate of drug-likeness (QED) is 0.0368. The van der Waals surface area contributed by atoms with Crippen LogP contribution in [0.3, 0.4) is 0 Å². The number of rotatable bonds is 24. The number of anilines is 1. The molecule has 0 aliphatic carbocycles. The number of esters is 1. The average molecular weight is 1000 g/mol. The van der Waals surface area contributed by atoms with Gasteiger partial charge in [-0.15, -0.1) is 0 Å². The Bertz CT molecular complexity index is 1940. The Morgan fingerprint density at radius 2 is 1.14 bits per heavy atom. The number of benzene rings is 2. The van der Waals surface area contributed by atoms with Crippen molar-refractivity contribution in [1.82, 2.24) is 0 Å². The van der Waals surface area contributed by atoms with Crippen molar-refractivity contribution in [3.63, 3.8) is 0 Å². The first-order valence-corrected chi connectivity index (χ1v) is 21.8. The first kappa shape index (κ1) is 57.6. The zero-order chi connectivity index (χ0) is 51.1. The second kappa shape index (κ2) is 21.2. The average Bonchev–Trinajstić information content (AvgIpc) is 3.21. The van der Waals surface area contributed by atoms with E-state index in [2.05, 4.69) is 5.32 Å². The fraction of sp³-hybridized carbons (Fsp3) is 0.600. The van der Waals surface area contributed by atoms with Gasteiger partial charge in [-0.1, -0.05) is 45.9 Å². The van der Waals surface area contributed by atoms with Crippen molar-refractivity contribution in [2.24, 2.45) is 0 Å². The van der Waals surface area contributed by atoms with Crippen molar-refractivity contribution in [3.05, 3.63) is 65.7 Å². The number of hydrogen-bond acceptors (Lipinski definition) is 7. The van der Waals surface area contributed by atoms with Gasteiger partial charge in [0.2, 0.25) is 0 Å². The van der Waals surface area contributed by atoms with Gasteiger partial charge in [0.15, 0.2) is 8.32 Å². The van der Waals surface area contributed by atoms with Crippen molar-refractivity contribution in [1.29, 1.82) is 0 Å². The summed E-state index contributed by atoms with van der Waals surface area (Å²) < 4.78 is 263. The lowest BCUT2D eigenvalue weighted by Gasteiger charge is -2.44. The molecule has 2 aromatic rings. The molecule has 26 heteroatoms. The van der Waals surface area contributed by atoms with E-state index in [0.29, 0.717) is 17.0 Å². The van der Waals surface area contributed by atoms with Crippen LogP contribution in [0.1, 0.15) is 66.1 Å². The topological polar surface area (TPSA) is 92.3 Å². The van der Waals surface area contributed by atoms with Crippen LogP contribution in [-0.4, -0.2) is 94.9 Å². The molecule has 0 radical (unpaired) electrons. The van der Waals surface area contributed by atoms with Crippen molar-refractivity contribution < 1.29 is 108 Å². The summed E-state index contributed by atoms with van der Waals surface area (Å²) in [5.41, 5.74) is -0.864. The second-order valence-corrected chi connectivity index (χ2v) is 20.3. The van der Waals surface area contributed by atoms with Crippen LogP contribution in [0.25, 0.3) is 0 Å². The van der Waals surface area contributed by atoms with Gasteiger partial charge in [-0.2, -0.15) is 74.6 Å². The maximum absolute atomic E-state index is 15.0. The minimum Gasteiger partial charge on any atom is -0.497 e. The lowest BCUT2D eigenvalue weighted by Crippen LogP contribution is -2.74. The highest BCUT2D eigenvalue weighted by Gasteiger charge is 2.95. The Hall–Kier alpha value is -4.49. The van der Waals surface area contributed by atoms with E-state index in [1.807, 2.05) is 0 Å². The van der Waals surface area contributed by atoms with Gasteiger partial charge < -0.3 is 23.4 Å². The summed E-state index contributed by atoms with van der Waals surface area (Å²) in [4.78, 5) is 25.0. The van der Waals surface area contributed by atoms with Crippen LogP contribution >= 0.6 is 0 Å². The minimum atomic E-state index is -8.70. The fourth-order valence-corrected chi connectivity index (χ4v) is 10.8. The molecule has 376 valence electrons. The molecule has 8 nitrogen and oxygen atoms in total. The van der Waals surface area contributed by atoms with E-state index in [-0.39, 0.29) is 24.4 Å². The zero-order valence-corrected chi connectivity index (χ0v) is 37.0. The van der Waals surface area contributed by atoms with Gasteiger partial charge in [0.1, 0.15) is 24.2 Å². The molecule has 2 aromatic carbocycles. The molecule has 0 aliphatic heterocycles. The predicted molar refractivity (Wildman–Crippen MR) is 205 cm³/mol. The summed E-state index contributed by atoms with van der Waals surface area (Å²) in [6.07, 6.45) is -10.9. The van der Waals surface area contributed by atoms with Crippen LogP contribution < -0.4 is 14.8 Å². The number of hydrogen-bond donors (Lipinski definition) is 1. The van der Waals surface area contributed by atoms with Gasteiger partial charge in [0.25, 0.3) is 0 Å². The Morgan fingerprint density at radius 3 is 1.59 bits per heavy atom. The van der Waals surface area contributed by atoms with Gasteiger partial charge in [0, 0.05) is 24.1 Å². The van der Waals surface area contributed by atoms with Crippen molar-refractivity contribution in [2.75, 3.05) is 32.2 Å². The Morgan fingerprint density at radius 1 is 0.667 bits per heavy atom. The van der Waals surface area contributed by atoms with Crippen LogP contribution in [-0.2, 0) is 18.7 Å². The molecule has 2 rings (SSSR count). The molecule has 0 heterocycles. The van der Waals surface area contributed by atoms with Crippen molar-refractivity contribution >= 4 is 26.1 Å². The summed E-state index contributed by atoms with van der Waals surface area (Å²) in [5, 5.41) is 2.54. The molecule has 0 fully saturated rings. The highest BCUT2D eigenvalue weighted by atomic mass is 28.4. The van der Waals surface area contributed by atoms with Crippen LogP contribution in [0.5, 0.6) is 11.5 Å². The van der Waals surface area contributed by atoms with E-state index < -0.39 is 111 Å². The molecule has 0 spiro atoms. The summed E-state index contributed by atoms with van der Waals surface area (Å²) in [6, 6.07) is 10.6. The molecule has 0 aliphatic rings. The number of nitrogens with one attached hydrogen (secondary N) is 1. The van der Waals surface area contributed by atoms with Crippen molar-refractivity contribution in [2.45, 2.75) is 125 Å². The molecule has 0 aromatic heterocycles. The van der Waals surface area contributed by atoms with E-state index in [9.17, 15) is 84.2 Å².